The van der Waals surface area contributed by atoms with Crippen LogP contribution in [0, 0.1) is 0 Å². The third kappa shape index (κ3) is 3.32. The molecule has 0 aliphatic carbocycles. The molecule has 0 bridgehead atoms. The lowest BCUT2D eigenvalue weighted by atomic mass is 10.2. The Morgan fingerprint density at radius 3 is 2.62 bits per heavy atom. The van der Waals surface area contributed by atoms with Gasteiger partial charge < -0.3 is 10.5 Å². The maximum atomic E-state index is 12.0. The fourth-order valence-corrected chi connectivity index (χ4v) is 3.03. The second-order valence-electron chi connectivity index (χ2n) is 4.14. The Balaban J connectivity index is 2.17. The van der Waals surface area contributed by atoms with Crippen LogP contribution in [0.4, 0.5) is 4.79 Å². The first kappa shape index (κ1) is 15.3. The van der Waals surface area contributed by atoms with Crippen molar-refractivity contribution < 1.29 is 19.1 Å². The van der Waals surface area contributed by atoms with Crippen molar-refractivity contribution in [3.8, 4) is 0 Å². The van der Waals surface area contributed by atoms with E-state index in [1.807, 2.05) is 17.4 Å². The fourth-order valence-electron chi connectivity index (χ4n) is 1.64. The van der Waals surface area contributed by atoms with Crippen molar-refractivity contribution >= 4 is 50.9 Å². The van der Waals surface area contributed by atoms with Crippen molar-refractivity contribution in [2.45, 2.75) is 13.0 Å². The first-order valence-electron chi connectivity index (χ1n) is 5.88. The number of primary amides is 1. The van der Waals surface area contributed by atoms with E-state index in [0.29, 0.717) is 0 Å². The maximum absolute atomic E-state index is 12.0. The summed E-state index contributed by atoms with van der Waals surface area (Å²) in [6.07, 6.45) is -1.16. The molecule has 0 radical (unpaired) electrons. The predicted molar refractivity (Wildman–Crippen MR) is 79.4 cm³/mol. The molecule has 2 aromatic rings. The summed E-state index contributed by atoms with van der Waals surface area (Å²) in [4.78, 5) is 34.3. The van der Waals surface area contributed by atoms with Crippen LogP contribution in [-0.2, 0) is 9.53 Å². The third-order valence-electron chi connectivity index (χ3n) is 2.62. The lowest BCUT2D eigenvalue weighted by Gasteiger charge is -2.11. The molecule has 2 rings (SSSR count). The molecule has 0 fully saturated rings. The SMILES string of the molecule is C[C@@H](OC(=O)c1sc2ccccc2c1Cl)C(=O)NC(N)=O. The smallest absolute Gasteiger partial charge is 0.350 e. The number of benzene rings is 1. The van der Waals surface area contributed by atoms with Gasteiger partial charge in [-0.15, -0.1) is 11.3 Å². The number of imide groups is 1. The normalized spacial score (nSPS) is 11.9. The van der Waals surface area contributed by atoms with E-state index in [-0.39, 0.29) is 9.90 Å². The first-order valence-corrected chi connectivity index (χ1v) is 7.08. The van der Waals surface area contributed by atoms with Gasteiger partial charge in [-0.2, -0.15) is 0 Å². The number of rotatable bonds is 3. The van der Waals surface area contributed by atoms with Crippen molar-refractivity contribution in [2.75, 3.05) is 0 Å². The lowest BCUT2D eigenvalue weighted by Crippen LogP contribution is -2.42. The number of ether oxygens (including phenoxy) is 1. The van der Waals surface area contributed by atoms with E-state index in [1.165, 1.54) is 18.3 Å². The fraction of sp³-hybridized carbons (Fsp3) is 0.154. The monoisotopic (exact) mass is 326 g/mol. The molecule has 0 unspecified atom stereocenters. The number of halogens is 1. The summed E-state index contributed by atoms with van der Waals surface area (Å²) >= 11 is 7.30. The second kappa shape index (κ2) is 6.11. The summed E-state index contributed by atoms with van der Waals surface area (Å²) in [6.45, 7) is 1.33. The average Bonchev–Trinajstić information content (AvgIpc) is 2.76. The van der Waals surface area contributed by atoms with Gasteiger partial charge in [0, 0.05) is 10.1 Å². The number of carbonyl (C=O) groups is 3. The van der Waals surface area contributed by atoms with Crippen molar-refractivity contribution in [3.63, 3.8) is 0 Å². The van der Waals surface area contributed by atoms with Gasteiger partial charge in [0.25, 0.3) is 5.91 Å². The molecule has 1 aromatic carbocycles. The van der Waals surface area contributed by atoms with Crippen LogP contribution in [0.25, 0.3) is 10.1 Å². The number of thiophene rings is 1. The highest BCUT2D eigenvalue weighted by Gasteiger charge is 2.23. The minimum atomic E-state index is -1.16. The summed E-state index contributed by atoms with van der Waals surface area (Å²) in [7, 11) is 0. The van der Waals surface area contributed by atoms with Crippen molar-refractivity contribution in [2.24, 2.45) is 5.73 Å². The summed E-state index contributed by atoms with van der Waals surface area (Å²) in [5.74, 6) is -1.53. The number of amides is 3. The van der Waals surface area contributed by atoms with Gasteiger partial charge in [0.15, 0.2) is 6.10 Å². The molecule has 3 N–H and O–H groups in total. The Kier molecular flexibility index (Phi) is 4.44. The minimum absolute atomic E-state index is 0.205. The number of urea groups is 1. The van der Waals surface area contributed by atoms with Gasteiger partial charge in [0.1, 0.15) is 4.88 Å². The van der Waals surface area contributed by atoms with E-state index in [4.69, 9.17) is 22.1 Å². The molecule has 21 heavy (non-hydrogen) atoms. The Bertz CT molecular complexity index is 728. The number of nitrogens with two attached hydrogens (primary N) is 1. The number of carbonyl (C=O) groups excluding carboxylic acids is 3. The van der Waals surface area contributed by atoms with E-state index in [9.17, 15) is 14.4 Å². The molecule has 3 amide bonds. The molecule has 0 saturated carbocycles. The van der Waals surface area contributed by atoms with Gasteiger partial charge in [-0.05, 0) is 13.0 Å². The van der Waals surface area contributed by atoms with Gasteiger partial charge >= 0.3 is 12.0 Å². The highest BCUT2D eigenvalue weighted by atomic mass is 35.5. The first-order chi connectivity index (χ1) is 9.90. The number of hydrogen-bond acceptors (Lipinski definition) is 5. The van der Waals surface area contributed by atoms with Gasteiger partial charge in [0.05, 0.1) is 5.02 Å². The molecule has 0 spiro atoms. The van der Waals surface area contributed by atoms with Crippen LogP contribution in [0.5, 0.6) is 0 Å². The quantitative estimate of drug-likeness (QED) is 0.845. The Hall–Kier alpha value is -2.12. The van der Waals surface area contributed by atoms with Crippen LogP contribution in [0.2, 0.25) is 5.02 Å². The third-order valence-corrected chi connectivity index (χ3v) is 4.28. The van der Waals surface area contributed by atoms with Gasteiger partial charge in [-0.25, -0.2) is 9.59 Å². The average molecular weight is 327 g/mol. The number of hydrogen-bond donors (Lipinski definition) is 2. The van der Waals surface area contributed by atoms with E-state index in [1.54, 1.807) is 12.1 Å². The van der Waals surface area contributed by atoms with E-state index in [2.05, 4.69) is 0 Å². The summed E-state index contributed by atoms with van der Waals surface area (Å²) in [5, 5.41) is 2.86. The molecular formula is C13H11ClN2O4S. The predicted octanol–water partition coefficient (Wildman–Crippen LogP) is 2.29. The van der Waals surface area contributed by atoms with Crippen LogP contribution in [0.15, 0.2) is 24.3 Å². The summed E-state index contributed by atoms with van der Waals surface area (Å²) in [6, 6.07) is 6.23. The van der Waals surface area contributed by atoms with E-state index in [0.717, 1.165) is 10.1 Å². The molecule has 6 nitrogen and oxygen atoms in total. The number of esters is 1. The van der Waals surface area contributed by atoms with Crippen LogP contribution < -0.4 is 11.1 Å². The largest absolute Gasteiger partial charge is 0.448 e. The standard InChI is InChI=1S/C13H11ClN2O4S/c1-6(11(17)16-13(15)19)20-12(18)10-9(14)7-4-2-3-5-8(7)21-10/h2-6H,1H3,(H3,15,16,17,19)/t6-/m1/s1. The van der Waals surface area contributed by atoms with Gasteiger partial charge in [0.2, 0.25) is 0 Å². The van der Waals surface area contributed by atoms with E-state index < -0.39 is 24.0 Å². The van der Waals surface area contributed by atoms with Gasteiger partial charge in [-0.1, -0.05) is 29.8 Å². The van der Waals surface area contributed by atoms with Crippen molar-refractivity contribution in [1.29, 1.82) is 0 Å². The van der Waals surface area contributed by atoms with Crippen LogP contribution >= 0.6 is 22.9 Å². The van der Waals surface area contributed by atoms with Crippen LogP contribution in [-0.4, -0.2) is 24.0 Å². The topological polar surface area (TPSA) is 98.5 Å². The zero-order chi connectivity index (χ0) is 15.6. The number of fused-ring (bicyclic) bond motifs is 1. The zero-order valence-electron chi connectivity index (χ0n) is 10.9. The zero-order valence-corrected chi connectivity index (χ0v) is 12.5. The summed E-state index contributed by atoms with van der Waals surface area (Å²) < 4.78 is 5.81. The highest BCUT2D eigenvalue weighted by Crippen LogP contribution is 2.35. The molecule has 0 saturated heterocycles. The molecule has 1 heterocycles. The highest BCUT2D eigenvalue weighted by molar-refractivity contribution is 7.21. The molecule has 1 aromatic heterocycles. The Morgan fingerprint density at radius 2 is 2.00 bits per heavy atom. The molecule has 0 aliphatic heterocycles. The maximum Gasteiger partial charge on any atom is 0.350 e. The summed E-state index contributed by atoms with van der Waals surface area (Å²) in [5.41, 5.74) is 4.82. The molecule has 1 atom stereocenters. The van der Waals surface area contributed by atoms with Crippen LogP contribution in [0.3, 0.4) is 0 Å². The molecule has 110 valence electrons. The Labute approximate surface area is 128 Å². The van der Waals surface area contributed by atoms with Gasteiger partial charge in [-0.3, -0.25) is 10.1 Å². The number of nitrogens with one attached hydrogen (secondary N) is 1. The lowest BCUT2D eigenvalue weighted by molar-refractivity contribution is -0.127. The van der Waals surface area contributed by atoms with Crippen molar-refractivity contribution in [3.05, 3.63) is 34.2 Å². The Morgan fingerprint density at radius 1 is 1.33 bits per heavy atom. The molecule has 0 aliphatic rings. The van der Waals surface area contributed by atoms with Crippen LogP contribution in [0.1, 0.15) is 16.6 Å². The molecular weight excluding hydrogens is 316 g/mol. The minimum Gasteiger partial charge on any atom is -0.448 e. The molecule has 8 heteroatoms. The van der Waals surface area contributed by atoms with Crippen molar-refractivity contribution in [1.82, 2.24) is 5.32 Å². The second-order valence-corrected chi connectivity index (χ2v) is 5.57. The van der Waals surface area contributed by atoms with E-state index >= 15 is 0 Å².